The zero-order chi connectivity index (χ0) is 12.8. The fraction of sp³-hybridized carbons (Fsp3) is 0.571. The zero-order valence-electron chi connectivity index (χ0n) is 10.9. The van der Waals surface area contributed by atoms with Crippen molar-refractivity contribution in [2.45, 2.75) is 19.6 Å². The van der Waals surface area contributed by atoms with Crippen molar-refractivity contribution >= 4 is 11.6 Å². The monoisotopic (exact) mass is 268 g/mol. The summed E-state index contributed by atoms with van der Waals surface area (Å²) in [5.41, 5.74) is 1.14. The third-order valence-electron chi connectivity index (χ3n) is 3.32. The molecule has 1 N–H and O–H groups in total. The molecule has 1 aliphatic heterocycles. The third-order valence-corrected chi connectivity index (χ3v) is 3.68. The van der Waals surface area contributed by atoms with Gasteiger partial charge in [-0.1, -0.05) is 36.7 Å². The molecular formula is C14H21ClN2O. The highest BCUT2D eigenvalue weighted by Crippen LogP contribution is 2.14. The molecule has 1 unspecified atom stereocenters. The van der Waals surface area contributed by atoms with Gasteiger partial charge < -0.3 is 10.1 Å². The van der Waals surface area contributed by atoms with Gasteiger partial charge in [0.1, 0.15) is 0 Å². The summed E-state index contributed by atoms with van der Waals surface area (Å²) >= 11 is 6.11. The SMILES string of the molecule is CCN1CCOC(CNCc2ccccc2Cl)C1. The van der Waals surface area contributed by atoms with Gasteiger partial charge in [0.2, 0.25) is 0 Å². The van der Waals surface area contributed by atoms with E-state index >= 15 is 0 Å². The number of nitrogens with zero attached hydrogens (tertiary/aromatic N) is 1. The highest BCUT2D eigenvalue weighted by Gasteiger charge is 2.18. The minimum absolute atomic E-state index is 0.293. The average Bonchev–Trinajstić information content (AvgIpc) is 2.41. The summed E-state index contributed by atoms with van der Waals surface area (Å²) in [5, 5.41) is 4.24. The van der Waals surface area contributed by atoms with Crippen LogP contribution in [0.2, 0.25) is 5.02 Å². The average molecular weight is 269 g/mol. The van der Waals surface area contributed by atoms with Crippen LogP contribution in [0.1, 0.15) is 12.5 Å². The van der Waals surface area contributed by atoms with Crippen LogP contribution in [0.5, 0.6) is 0 Å². The number of likely N-dealkylation sites (N-methyl/N-ethyl adjacent to an activating group) is 1. The molecule has 1 saturated heterocycles. The van der Waals surface area contributed by atoms with Crippen molar-refractivity contribution in [2.75, 3.05) is 32.8 Å². The Kier molecular flexibility index (Phi) is 5.45. The van der Waals surface area contributed by atoms with E-state index in [1.807, 2.05) is 18.2 Å². The summed E-state index contributed by atoms with van der Waals surface area (Å²) in [4.78, 5) is 2.42. The Labute approximate surface area is 114 Å². The molecule has 1 aromatic carbocycles. The molecule has 3 nitrogen and oxygen atoms in total. The summed E-state index contributed by atoms with van der Waals surface area (Å²) in [6.07, 6.45) is 0.293. The first-order valence-corrected chi connectivity index (χ1v) is 6.95. The first kappa shape index (κ1) is 13.8. The van der Waals surface area contributed by atoms with Crippen LogP contribution in [0, 0.1) is 0 Å². The van der Waals surface area contributed by atoms with E-state index < -0.39 is 0 Å². The third kappa shape index (κ3) is 3.95. The molecule has 18 heavy (non-hydrogen) atoms. The molecule has 0 amide bonds. The van der Waals surface area contributed by atoms with Crippen molar-refractivity contribution in [3.63, 3.8) is 0 Å². The van der Waals surface area contributed by atoms with E-state index in [0.29, 0.717) is 6.10 Å². The van der Waals surface area contributed by atoms with Gasteiger partial charge in [-0.05, 0) is 18.2 Å². The molecular weight excluding hydrogens is 248 g/mol. The summed E-state index contributed by atoms with van der Waals surface area (Å²) < 4.78 is 5.74. The lowest BCUT2D eigenvalue weighted by Gasteiger charge is -2.32. The summed E-state index contributed by atoms with van der Waals surface area (Å²) in [6.45, 7) is 7.88. The molecule has 100 valence electrons. The second-order valence-corrected chi connectivity index (χ2v) is 5.02. The quantitative estimate of drug-likeness (QED) is 0.886. The summed E-state index contributed by atoms with van der Waals surface area (Å²) in [5.74, 6) is 0. The van der Waals surface area contributed by atoms with Gasteiger partial charge in [0.15, 0.2) is 0 Å². The Morgan fingerprint density at radius 3 is 3.06 bits per heavy atom. The van der Waals surface area contributed by atoms with Gasteiger partial charge >= 0.3 is 0 Å². The van der Waals surface area contributed by atoms with Crippen molar-refractivity contribution < 1.29 is 4.74 Å². The van der Waals surface area contributed by atoms with Crippen LogP contribution in [0.4, 0.5) is 0 Å². The molecule has 0 saturated carbocycles. The van der Waals surface area contributed by atoms with Gasteiger partial charge in [-0.3, -0.25) is 4.90 Å². The molecule has 0 radical (unpaired) electrons. The molecule has 0 bridgehead atoms. The molecule has 0 aromatic heterocycles. The minimum atomic E-state index is 0.293. The normalized spacial score (nSPS) is 21.1. The smallest absolute Gasteiger partial charge is 0.0826 e. The Balaban J connectivity index is 1.73. The first-order valence-electron chi connectivity index (χ1n) is 6.57. The lowest BCUT2D eigenvalue weighted by atomic mass is 10.2. The van der Waals surface area contributed by atoms with Crippen molar-refractivity contribution in [1.29, 1.82) is 0 Å². The number of rotatable bonds is 5. The largest absolute Gasteiger partial charge is 0.374 e. The number of morpholine rings is 1. The molecule has 1 heterocycles. The van der Waals surface area contributed by atoms with E-state index in [4.69, 9.17) is 16.3 Å². The summed E-state index contributed by atoms with van der Waals surface area (Å²) in [7, 11) is 0. The van der Waals surface area contributed by atoms with Crippen LogP contribution < -0.4 is 5.32 Å². The van der Waals surface area contributed by atoms with Gasteiger partial charge in [0.05, 0.1) is 12.7 Å². The highest BCUT2D eigenvalue weighted by atomic mass is 35.5. The molecule has 2 rings (SSSR count). The predicted molar refractivity (Wildman–Crippen MR) is 75.0 cm³/mol. The van der Waals surface area contributed by atoms with Crippen LogP contribution >= 0.6 is 11.6 Å². The Hall–Kier alpha value is -0.610. The maximum atomic E-state index is 6.11. The minimum Gasteiger partial charge on any atom is -0.374 e. The van der Waals surface area contributed by atoms with Crippen molar-refractivity contribution in [3.05, 3.63) is 34.9 Å². The molecule has 1 atom stereocenters. The second-order valence-electron chi connectivity index (χ2n) is 4.61. The van der Waals surface area contributed by atoms with Crippen LogP contribution in [0.3, 0.4) is 0 Å². The number of halogens is 1. The second kappa shape index (κ2) is 7.10. The van der Waals surface area contributed by atoms with E-state index in [9.17, 15) is 0 Å². The number of ether oxygens (including phenoxy) is 1. The zero-order valence-corrected chi connectivity index (χ0v) is 11.6. The van der Waals surface area contributed by atoms with Crippen LogP contribution in [0.15, 0.2) is 24.3 Å². The number of benzene rings is 1. The lowest BCUT2D eigenvalue weighted by molar-refractivity contribution is -0.0253. The maximum Gasteiger partial charge on any atom is 0.0826 e. The lowest BCUT2D eigenvalue weighted by Crippen LogP contribution is -2.46. The topological polar surface area (TPSA) is 24.5 Å². The molecule has 0 spiro atoms. The molecule has 4 heteroatoms. The molecule has 1 aromatic rings. The standard InChI is InChI=1S/C14H21ClN2O/c1-2-17-7-8-18-13(11-17)10-16-9-12-5-3-4-6-14(12)15/h3-6,13,16H,2,7-11H2,1H3. The van der Waals surface area contributed by atoms with Gasteiger partial charge in [0.25, 0.3) is 0 Å². The molecule has 1 fully saturated rings. The number of hydrogen-bond acceptors (Lipinski definition) is 3. The van der Waals surface area contributed by atoms with E-state index in [0.717, 1.165) is 49.9 Å². The molecule has 1 aliphatic rings. The van der Waals surface area contributed by atoms with Crippen molar-refractivity contribution in [1.82, 2.24) is 10.2 Å². The van der Waals surface area contributed by atoms with Gasteiger partial charge in [0, 0.05) is 31.2 Å². The van der Waals surface area contributed by atoms with E-state index in [1.54, 1.807) is 0 Å². The maximum absolute atomic E-state index is 6.11. The Bertz CT molecular complexity index is 373. The van der Waals surface area contributed by atoms with Gasteiger partial charge in [-0.15, -0.1) is 0 Å². The Morgan fingerprint density at radius 1 is 1.44 bits per heavy atom. The fourth-order valence-corrected chi connectivity index (χ4v) is 2.40. The van der Waals surface area contributed by atoms with Crippen LogP contribution in [-0.2, 0) is 11.3 Å². The van der Waals surface area contributed by atoms with E-state index in [2.05, 4.69) is 23.2 Å². The van der Waals surface area contributed by atoms with Gasteiger partial charge in [-0.2, -0.15) is 0 Å². The van der Waals surface area contributed by atoms with Crippen molar-refractivity contribution in [2.24, 2.45) is 0 Å². The van der Waals surface area contributed by atoms with Crippen molar-refractivity contribution in [3.8, 4) is 0 Å². The van der Waals surface area contributed by atoms with Crippen LogP contribution in [-0.4, -0.2) is 43.8 Å². The fourth-order valence-electron chi connectivity index (χ4n) is 2.20. The molecule has 0 aliphatic carbocycles. The first-order chi connectivity index (χ1) is 8.79. The summed E-state index contributed by atoms with van der Waals surface area (Å²) in [6, 6.07) is 7.94. The number of nitrogens with one attached hydrogen (secondary N) is 1. The highest BCUT2D eigenvalue weighted by molar-refractivity contribution is 6.31. The van der Waals surface area contributed by atoms with Gasteiger partial charge in [-0.25, -0.2) is 0 Å². The van der Waals surface area contributed by atoms with Crippen LogP contribution in [0.25, 0.3) is 0 Å². The predicted octanol–water partition coefficient (Wildman–Crippen LogP) is 2.15. The van der Waals surface area contributed by atoms with E-state index in [-0.39, 0.29) is 0 Å². The Morgan fingerprint density at radius 2 is 2.28 bits per heavy atom. The van der Waals surface area contributed by atoms with E-state index in [1.165, 1.54) is 0 Å². The number of hydrogen-bond donors (Lipinski definition) is 1.